The number of hydrogen-bond donors (Lipinski definition) is 1. The SMILES string of the molecule is C#CC(C)OC(=O)Nc1cccc(Cl)c1. The number of ether oxygens (including phenoxy) is 1. The topological polar surface area (TPSA) is 38.3 Å². The first-order valence-electron chi connectivity index (χ1n) is 4.31. The molecule has 15 heavy (non-hydrogen) atoms. The van der Waals surface area contributed by atoms with Gasteiger partial charge in [0.1, 0.15) is 0 Å². The Labute approximate surface area is 93.4 Å². The largest absolute Gasteiger partial charge is 0.433 e. The number of halogens is 1. The molecule has 78 valence electrons. The Morgan fingerprint density at radius 1 is 1.67 bits per heavy atom. The Morgan fingerprint density at radius 3 is 3.00 bits per heavy atom. The second-order valence-electron chi connectivity index (χ2n) is 2.85. The van der Waals surface area contributed by atoms with E-state index >= 15 is 0 Å². The Morgan fingerprint density at radius 2 is 2.40 bits per heavy atom. The van der Waals surface area contributed by atoms with Crippen LogP contribution in [-0.4, -0.2) is 12.2 Å². The summed E-state index contributed by atoms with van der Waals surface area (Å²) in [5.74, 6) is 2.28. The summed E-state index contributed by atoms with van der Waals surface area (Å²) in [5.41, 5.74) is 0.566. The molecule has 1 rings (SSSR count). The van der Waals surface area contributed by atoms with E-state index < -0.39 is 12.2 Å². The molecule has 0 fully saturated rings. The fourth-order valence-corrected chi connectivity index (χ4v) is 1.10. The van der Waals surface area contributed by atoms with Crippen molar-refractivity contribution in [2.24, 2.45) is 0 Å². The van der Waals surface area contributed by atoms with Gasteiger partial charge in [-0.25, -0.2) is 4.79 Å². The normalized spacial score (nSPS) is 11.3. The smallest absolute Gasteiger partial charge is 0.412 e. The molecule has 3 nitrogen and oxygen atoms in total. The number of hydrogen-bond acceptors (Lipinski definition) is 2. The molecule has 1 atom stereocenters. The molecule has 0 aromatic heterocycles. The van der Waals surface area contributed by atoms with E-state index in [-0.39, 0.29) is 0 Å². The molecule has 1 unspecified atom stereocenters. The van der Waals surface area contributed by atoms with Gasteiger partial charge in [0.2, 0.25) is 0 Å². The van der Waals surface area contributed by atoms with Crippen LogP contribution < -0.4 is 5.32 Å². The second kappa shape index (κ2) is 5.28. The van der Waals surface area contributed by atoms with E-state index in [4.69, 9.17) is 22.8 Å². The zero-order valence-corrected chi connectivity index (χ0v) is 8.91. The standard InChI is InChI=1S/C11H10ClNO2/c1-3-8(2)15-11(14)13-10-6-4-5-9(12)7-10/h1,4-8H,2H3,(H,13,14). The first-order chi connectivity index (χ1) is 7.11. The molecule has 0 saturated carbocycles. The average molecular weight is 224 g/mol. The van der Waals surface area contributed by atoms with Crippen molar-refractivity contribution in [2.45, 2.75) is 13.0 Å². The van der Waals surface area contributed by atoms with E-state index in [0.717, 1.165) is 0 Å². The summed E-state index contributed by atoms with van der Waals surface area (Å²) in [4.78, 5) is 11.2. The van der Waals surface area contributed by atoms with Crippen LogP contribution in [0.2, 0.25) is 5.02 Å². The van der Waals surface area contributed by atoms with E-state index in [1.807, 2.05) is 0 Å². The van der Waals surface area contributed by atoms with E-state index in [0.29, 0.717) is 10.7 Å². The maximum absolute atomic E-state index is 11.2. The van der Waals surface area contributed by atoms with Gasteiger partial charge in [-0.15, -0.1) is 6.42 Å². The molecule has 1 amide bonds. The van der Waals surface area contributed by atoms with Gasteiger partial charge >= 0.3 is 6.09 Å². The molecule has 0 heterocycles. The van der Waals surface area contributed by atoms with Gasteiger partial charge in [0.15, 0.2) is 6.10 Å². The number of nitrogens with one attached hydrogen (secondary N) is 1. The zero-order valence-electron chi connectivity index (χ0n) is 8.16. The highest BCUT2D eigenvalue weighted by atomic mass is 35.5. The third kappa shape index (κ3) is 3.92. The molecule has 1 aromatic rings. The monoisotopic (exact) mass is 223 g/mol. The van der Waals surface area contributed by atoms with Crippen LogP contribution in [0.4, 0.5) is 10.5 Å². The van der Waals surface area contributed by atoms with Crippen LogP contribution in [0.15, 0.2) is 24.3 Å². The third-order valence-electron chi connectivity index (χ3n) is 1.59. The van der Waals surface area contributed by atoms with Crippen LogP contribution in [-0.2, 0) is 4.74 Å². The van der Waals surface area contributed by atoms with Crippen molar-refractivity contribution in [1.29, 1.82) is 0 Å². The molecule has 0 spiro atoms. The van der Waals surface area contributed by atoms with Gasteiger partial charge in [0.25, 0.3) is 0 Å². The van der Waals surface area contributed by atoms with Crippen molar-refractivity contribution in [2.75, 3.05) is 5.32 Å². The zero-order chi connectivity index (χ0) is 11.3. The summed E-state index contributed by atoms with van der Waals surface area (Å²) in [6.45, 7) is 1.61. The van der Waals surface area contributed by atoms with Crippen LogP contribution in [0, 0.1) is 12.3 Å². The molecule has 1 N–H and O–H groups in total. The summed E-state index contributed by atoms with van der Waals surface area (Å²) < 4.78 is 4.81. The summed E-state index contributed by atoms with van der Waals surface area (Å²) in [6.07, 6.45) is 3.92. The van der Waals surface area contributed by atoms with Crippen LogP contribution in [0.25, 0.3) is 0 Å². The predicted octanol–water partition coefficient (Wildman–Crippen LogP) is 2.91. The molecular weight excluding hydrogens is 214 g/mol. The molecular formula is C11H10ClNO2. The Hall–Kier alpha value is -1.66. The van der Waals surface area contributed by atoms with Crippen molar-refractivity contribution >= 4 is 23.4 Å². The van der Waals surface area contributed by atoms with Crippen LogP contribution in [0.3, 0.4) is 0 Å². The van der Waals surface area contributed by atoms with Crippen molar-refractivity contribution in [1.82, 2.24) is 0 Å². The van der Waals surface area contributed by atoms with E-state index in [9.17, 15) is 4.79 Å². The van der Waals surface area contributed by atoms with Gasteiger partial charge in [0.05, 0.1) is 0 Å². The average Bonchev–Trinajstić information content (AvgIpc) is 2.17. The Kier molecular flexibility index (Phi) is 4.02. The second-order valence-corrected chi connectivity index (χ2v) is 3.29. The van der Waals surface area contributed by atoms with Crippen molar-refractivity contribution in [3.63, 3.8) is 0 Å². The Balaban J connectivity index is 2.56. The van der Waals surface area contributed by atoms with Gasteiger partial charge in [-0.2, -0.15) is 0 Å². The molecule has 0 aliphatic carbocycles. The van der Waals surface area contributed by atoms with Crippen LogP contribution in [0.5, 0.6) is 0 Å². The lowest BCUT2D eigenvalue weighted by Crippen LogP contribution is -2.18. The van der Waals surface area contributed by atoms with Gasteiger partial charge in [0, 0.05) is 10.7 Å². The first-order valence-corrected chi connectivity index (χ1v) is 4.69. The molecule has 0 bridgehead atoms. The van der Waals surface area contributed by atoms with Crippen molar-refractivity contribution < 1.29 is 9.53 Å². The fourth-order valence-electron chi connectivity index (χ4n) is 0.908. The highest BCUT2D eigenvalue weighted by Crippen LogP contribution is 2.15. The summed E-state index contributed by atoms with van der Waals surface area (Å²) in [6, 6.07) is 6.75. The van der Waals surface area contributed by atoms with Crippen LogP contribution >= 0.6 is 11.6 Å². The number of terminal acetylenes is 1. The number of amides is 1. The lowest BCUT2D eigenvalue weighted by atomic mass is 10.3. The minimum absolute atomic E-state index is 0.540. The van der Waals surface area contributed by atoms with Gasteiger partial charge in [-0.3, -0.25) is 5.32 Å². The number of anilines is 1. The molecule has 0 aliphatic rings. The number of rotatable bonds is 2. The maximum Gasteiger partial charge on any atom is 0.412 e. The van der Waals surface area contributed by atoms with Gasteiger partial charge in [-0.05, 0) is 25.1 Å². The van der Waals surface area contributed by atoms with Crippen molar-refractivity contribution in [3.8, 4) is 12.3 Å². The van der Waals surface area contributed by atoms with Crippen LogP contribution in [0.1, 0.15) is 6.92 Å². The lowest BCUT2D eigenvalue weighted by Gasteiger charge is -2.08. The number of benzene rings is 1. The summed E-state index contributed by atoms with van der Waals surface area (Å²) in [7, 11) is 0. The summed E-state index contributed by atoms with van der Waals surface area (Å²) >= 11 is 5.74. The highest BCUT2D eigenvalue weighted by Gasteiger charge is 2.06. The maximum atomic E-state index is 11.2. The molecule has 1 aromatic carbocycles. The van der Waals surface area contributed by atoms with Crippen molar-refractivity contribution in [3.05, 3.63) is 29.3 Å². The van der Waals surface area contributed by atoms with E-state index in [2.05, 4.69) is 11.2 Å². The van der Waals surface area contributed by atoms with Gasteiger partial charge in [-0.1, -0.05) is 23.6 Å². The molecule has 4 heteroatoms. The lowest BCUT2D eigenvalue weighted by molar-refractivity contribution is 0.145. The number of carbonyl (C=O) groups is 1. The molecule has 0 aliphatic heterocycles. The molecule has 0 saturated heterocycles. The molecule has 0 radical (unpaired) electrons. The van der Waals surface area contributed by atoms with E-state index in [1.165, 1.54) is 0 Å². The number of carbonyl (C=O) groups excluding carboxylic acids is 1. The Bertz CT molecular complexity index is 398. The summed E-state index contributed by atoms with van der Waals surface area (Å²) in [5, 5.41) is 3.05. The minimum atomic E-state index is -0.595. The van der Waals surface area contributed by atoms with Gasteiger partial charge < -0.3 is 4.74 Å². The third-order valence-corrected chi connectivity index (χ3v) is 1.82. The highest BCUT2D eigenvalue weighted by molar-refractivity contribution is 6.30. The minimum Gasteiger partial charge on any atom is -0.433 e. The quantitative estimate of drug-likeness (QED) is 0.783. The van der Waals surface area contributed by atoms with E-state index in [1.54, 1.807) is 31.2 Å². The predicted molar refractivity (Wildman–Crippen MR) is 59.9 cm³/mol. The fraction of sp³-hybridized carbons (Fsp3) is 0.182. The first kappa shape index (κ1) is 11.4.